The van der Waals surface area contributed by atoms with Gasteiger partial charge in [0, 0.05) is 55.9 Å². The van der Waals surface area contributed by atoms with Gasteiger partial charge in [0.25, 0.3) is 0 Å². The van der Waals surface area contributed by atoms with E-state index in [1.807, 2.05) is 0 Å². The summed E-state index contributed by atoms with van der Waals surface area (Å²) in [6.45, 7) is 0. The zero-order valence-corrected chi connectivity index (χ0v) is 44.8. The van der Waals surface area contributed by atoms with Crippen LogP contribution in [0.4, 0.5) is 11.4 Å². The maximum atomic E-state index is 2.52. The minimum atomic E-state index is 0.226. The minimum absolute atomic E-state index is 0.226. The minimum Gasteiger partial charge on any atom is -0.333 e. The molecular weight excluding hydrogens is 993 g/mol. The molecule has 2 aliphatic rings. The third-order valence-electron chi connectivity index (χ3n) is 17.5. The summed E-state index contributed by atoms with van der Waals surface area (Å²) < 4.78 is 7.34. The molecule has 0 bridgehead atoms. The van der Waals surface area contributed by atoms with Gasteiger partial charge in [0.15, 0.2) is 0 Å². The number of rotatable bonds is 8. The molecule has 4 heterocycles. The van der Waals surface area contributed by atoms with E-state index in [9.17, 15) is 0 Å². The summed E-state index contributed by atoms with van der Waals surface area (Å²) in [5.74, 6) is 0.318. The van der Waals surface area contributed by atoms with Crippen LogP contribution in [0.5, 0.6) is 0 Å². The molecule has 0 N–H and O–H groups in total. The van der Waals surface area contributed by atoms with E-state index in [1.54, 1.807) is 0 Å². The summed E-state index contributed by atoms with van der Waals surface area (Å²) in [6.07, 6.45) is 9.09. The molecule has 0 saturated carbocycles. The molecule has 17 rings (SSSR count). The van der Waals surface area contributed by atoms with Gasteiger partial charge in [-0.1, -0.05) is 200 Å². The Bertz CT molecular complexity index is 5030. The highest BCUT2D eigenvalue weighted by atomic mass is 15.2. The van der Waals surface area contributed by atoms with Gasteiger partial charge in [-0.05, 0) is 164 Å². The Morgan fingerprint density at radius 2 is 0.671 bits per heavy atom. The molecule has 12 aromatic carbocycles. The van der Waals surface area contributed by atoms with Crippen molar-refractivity contribution in [2.24, 2.45) is 0 Å². The summed E-state index contributed by atoms with van der Waals surface area (Å²) in [7, 11) is 0. The lowest BCUT2D eigenvalue weighted by Crippen LogP contribution is -2.28. The molecule has 1 aliphatic carbocycles. The standard InChI is InChI=1S/C78H52N4/c1-3-15-57-45-59(35-29-51(57)13-1)53-25-31-55(32-26-53)75-47-61-49-78-62(50-77(61)81(75)65-41-37-63(38-42-65)79-71-21-9-5-17-67(71)68-18-6-10-22-72(68)79)48-76(56-33-27-54(28-34-56)60-36-30-52-14-2-4-16-58(52)46-60)82(78)66-43-39-64(40-44-66)80-73-23-11-7-19-69(73)70-20-8-12-24-74(70)80/h1-50,67,71H. The van der Waals surface area contributed by atoms with Crippen LogP contribution < -0.4 is 4.90 Å². The predicted octanol–water partition coefficient (Wildman–Crippen LogP) is 20.4. The van der Waals surface area contributed by atoms with Crippen molar-refractivity contribution in [2.45, 2.75) is 12.0 Å². The number of fused-ring (bicyclic) bond motifs is 10. The van der Waals surface area contributed by atoms with Crippen molar-refractivity contribution in [1.82, 2.24) is 13.7 Å². The summed E-state index contributed by atoms with van der Waals surface area (Å²) in [5, 5.41) is 9.82. The molecule has 4 heteroatoms. The van der Waals surface area contributed by atoms with Gasteiger partial charge >= 0.3 is 0 Å². The lowest BCUT2D eigenvalue weighted by Gasteiger charge is -2.29. The third-order valence-corrected chi connectivity index (χ3v) is 17.5. The second-order valence-electron chi connectivity index (χ2n) is 22.1. The lowest BCUT2D eigenvalue weighted by molar-refractivity contribution is 0.744. The van der Waals surface area contributed by atoms with Gasteiger partial charge in [0.1, 0.15) is 0 Å². The Labute approximate surface area is 475 Å². The van der Waals surface area contributed by atoms with Crippen molar-refractivity contribution in [3.8, 4) is 61.8 Å². The number of allylic oxidation sites excluding steroid dienone is 2. The zero-order chi connectivity index (χ0) is 53.8. The van der Waals surface area contributed by atoms with Crippen molar-refractivity contribution >= 4 is 76.5 Å². The molecule has 82 heavy (non-hydrogen) atoms. The molecule has 2 unspecified atom stereocenters. The third kappa shape index (κ3) is 7.38. The monoisotopic (exact) mass is 1040 g/mol. The number of hydrogen-bond acceptors (Lipinski definition) is 1. The van der Waals surface area contributed by atoms with Crippen LogP contribution in [0, 0.1) is 0 Å². The summed E-state index contributed by atoms with van der Waals surface area (Å²) >= 11 is 0. The Morgan fingerprint density at radius 1 is 0.256 bits per heavy atom. The van der Waals surface area contributed by atoms with Gasteiger partial charge < -0.3 is 18.6 Å². The highest BCUT2D eigenvalue weighted by Crippen LogP contribution is 2.48. The van der Waals surface area contributed by atoms with Crippen molar-refractivity contribution in [3.05, 3.63) is 309 Å². The first-order valence-corrected chi connectivity index (χ1v) is 28.5. The predicted molar refractivity (Wildman–Crippen MR) is 345 cm³/mol. The van der Waals surface area contributed by atoms with Crippen LogP contribution in [-0.4, -0.2) is 19.7 Å². The first-order chi connectivity index (χ1) is 40.6. The van der Waals surface area contributed by atoms with Crippen LogP contribution in [0.1, 0.15) is 11.5 Å². The topological polar surface area (TPSA) is 18.0 Å². The lowest BCUT2D eigenvalue weighted by atomic mass is 9.91. The fourth-order valence-corrected chi connectivity index (χ4v) is 13.6. The van der Waals surface area contributed by atoms with Gasteiger partial charge in [-0.3, -0.25) is 0 Å². The first-order valence-electron chi connectivity index (χ1n) is 28.5. The molecule has 0 fully saturated rings. The molecule has 4 nitrogen and oxygen atoms in total. The van der Waals surface area contributed by atoms with Crippen LogP contribution in [0.25, 0.3) is 127 Å². The number of nitrogens with zero attached hydrogens (tertiary/aromatic N) is 4. The molecule has 0 saturated heterocycles. The fourth-order valence-electron chi connectivity index (χ4n) is 13.6. The molecule has 384 valence electrons. The average Bonchev–Trinajstić information content (AvgIpc) is 3.06. The van der Waals surface area contributed by atoms with Gasteiger partial charge in [-0.15, -0.1) is 0 Å². The second-order valence-corrected chi connectivity index (χ2v) is 22.1. The Morgan fingerprint density at radius 3 is 1.21 bits per heavy atom. The largest absolute Gasteiger partial charge is 0.333 e. The molecule has 0 amide bonds. The molecular formula is C78H52N4. The second kappa shape index (κ2) is 18.5. The zero-order valence-electron chi connectivity index (χ0n) is 44.8. The van der Waals surface area contributed by atoms with E-state index in [0.29, 0.717) is 5.92 Å². The Hall–Kier alpha value is -10.7. The van der Waals surface area contributed by atoms with Crippen molar-refractivity contribution in [2.75, 3.05) is 4.90 Å². The highest BCUT2D eigenvalue weighted by molar-refractivity contribution is 6.09. The molecule has 0 radical (unpaired) electrons. The van der Waals surface area contributed by atoms with Crippen LogP contribution in [0.3, 0.4) is 0 Å². The van der Waals surface area contributed by atoms with Crippen LogP contribution in [-0.2, 0) is 0 Å². The molecule has 1 aliphatic heterocycles. The van der Waals surface area contributed by atoms with E-state index in [2.05, 4.69) is 322 Å². The molecule has 2 atom stereocenters. The van der Waals surface area contributed by atoms with E-state index in [0.717, 1.165) is 50.6 Å². The number of hydrogen-bond donors (Lipinski definition) is 0. The molecule has 0 spiro atoms. The van der Waals surface area contributed by atoms with E-state index in [-0.39, 0.29) is 6.04 Å². The van der Waals surface area contributed by atoms with Crippen LogP contribution in [0.2, 0.25) is 0 Å². The number of aromatic nitrogens is 3. The number of para-hydroxylation sites is 3. The van der Waals surface area contributed by atoms with Crippen LogP contribution in [0.15, 0.2) is 303 Å². The van der Waals surface area contributed by atoms with E-state index < -0.39 is 0 Å². The van der Waals surface area contributed by atoms with Gasteiger partial charge in [-0.25, -0.2) is 0 Å². The van der Waals surface area contributed by atoms with Gasteiger partial charge in [-0.2, -0.15) is 0 Å². The first kappa shape index (κ1) is 46.3. The smallest absolute Gasteiger partial charge is 0.0629 e. The Balaban J connectivity index is 0.833. The highest BCUT2D eigenvalue weighted by Gasteiger charge is 2.37. The summed E-state index contributed by atoms with van der Waals surface area (Å²) in [4.78, 5) is 2.52. The van der Waals surface area contributed by atoms with Gasteiger partial charge in [0.2, 0.25) is 0 Å². The number of anilines is 2. The van der Waals surface area contributed by atoms with E-state index >= 15 is 0 Å². The molecule has 3 aromatic heterocycles. The fraction of sp³-hybridized carbons (Fsp3) is 0.0256. The maximum absolute atomic E-state index is 2.52. The van der Waals surface area contributed by atoms with Crippen molar-refractivity contribution in [3.63, 3.8) is 0 Å². The quantitative estimate of drug-likeness (QED) is 0.148. The van der Waals surface area contributed by atoms with Crippen molar-refractivity contribution in [1.29, 1.82) is 0 Å². The van der Waals surface area contributed by atoms with Crippen molar-refractivity contribution < 1.29 is 0 Å². The molecule has 15 aromatic rings. The summed E-state index contributed by atoms with van der Waals surface area (Å²) in [5.41, 5.74) is 21.2. The maximum Gasteiger partial charge on any atom is 0.0629 e. The SMILES string of the molecule is C1=CC2c3ccccc3N(c3ccc(-n4c(-c5ccc(-c6ccc7ccccc7c6)cc5)cc5cc6c(cc(-c7ccc(-c8ccc9ccccc9c8)cc7)n6-c6ccc(-n7c8ccccc8c8ccccc87)cc6)cc54)cc3)C2C=C1. The Kier molecular flexibility index (Phi) is 10.4. The average molecular weight is 1050 g/mol. The van der Waals surface area contributed by atoms with E-state index in [4.69, 9.17) is 0 Å². The summed E-state index contributed by atoms with van der Waals surface area (Å²) in [6, 6.07) is 104. The van der Waals surface area contributed by atoms with Crippen LogP contribution >= 0.6 is 0 Å². The van der Waals surface area contributed by atoms with E-state index in [1.165, 1.54) is 93.3 Å². The number of benzene rings is 12. The normalized spacial score (nSPS) is 14.7. The van der Waals surface area contributed by atoms with Gasteiger partial charge in [0.05, 0.1) is 39.5 Å².